The van der Waals surface area contributed by atoms with Gasteiger partial charge in [0.25, 0.3) is 0 Å². The lowest BCUT2D eigenvalue weighted by Gasteiger charge is -2.30. The van der Waals surface area contributed by atoms with E-state index in [1.165, 1.54) is 12.1 Å². The second kappa shape index (κ2) is 10.7. The van der Waals surface area contributed by atoms with Gasteiger partial charge in [-0.3, -0.25) is 14.5 Å². The van der Waals surface area contributed by atoms with Crippen molar-refractivity contribution in [1.82, 2.24) is 10.2 Å². The van der Waals surface area contributed by atoms with E-state index >= 15 is 0 Å². The van der Waals surface area contributed by atoms with Crippen molar-refractivity contribution in [3.05, 3.63) is 59.9 Å². The topological polar surface area (TPSA) is 70.7 Å². The van der Waals surface area contributed by atoms with E-state index in [0.717, 1.165) is 5.56 Å². The zero-order valence-electron chi connectivity index (χ0n) is 17.2. The smallest absolute Gasteiger partial charge is 0.234 e. The van der Waals surface area contributed by atoms with Crippen LogP contribution in [0.15, 0.2) is 48.5 Å². The number of rotatable bonds is 8. The van der Waals surface area contributed by atoms with Crippen LogP contribution in [0.25, 0.3) is 0 Å². The molecule has 1 aliphatic rings. The van der Waals surface area contributed by atoms with E-state index in [-0.39, 0.29) is 23.5 Å². The first-order valence-corrected chi connectivity index (χ1v) is 10.2. The van der Waals surface area contributed by atoms with Crippen molar-refractivity contribution in [3.8, 4) is 5.75 Å². The number of likely N-dealkylation sites (tertiary alicyclic amines) is 1. The standard InChI is InChI=1S/C23H28FN3O3/c1-30-21-5-3-2-4-20(21)26-23(29)18-11-14-27(15-12-18)16-22(28)25-13-10-17-6-8-19(24)9-7-17/h2-9,18H,10-16H2,1H3,(H,25,28)(H,26,29). The number of benzene rings is 2. The first kappa shape index (κ1) is 21.8. The van der Waals surface area contributed by atoms with Gasteiger partial charge in [-0.15, -0.1) is 0 Å². The van der Waals surface area contributed by atoms with E-state index in [1.54, 1.807) is 19.2 Å². The number of amides is 2. The van der Waals surface area contributed by atoms with Gasteiger partial charge in [-0.1, -0.05) is 24.3 Å². The predicted octanol–water partition coefficient (Wildman–Crippen LogP) is 2.84. The van der Waals surface area contributed by atoms with Crippen LogP contribution in [-0.4, -0.2) is 50.0 Å². The van der Waals surface area contributed by atoms with Crippen LogP contribution in [0.1, 0.15) is 18.4 Å². The maximum Gasteiger partial charge on any atom is 0.234 e. The molecule has 2 amide bonds. The van der Waals surface area contributed by atoms with Gasteiger partial charge < -0.3 is 15.4 Å². The molecule has 0 aromatic heterocycles. The fraction of sp³-hybridized carbons (Fsp3) is 0.391. The van der Waals surface area contributed by atoms with Crippen molar-refractivity contribution >= 4 is 17.5 Å². The molecular formula is C23H28FN3O3. The number of carbonyl (C=O) groups is 2. The Labute approximate surface area is 176 Å². The summed E-state index contributed by atoms with van der Waals surface area (Å²) < 4.78 is 18.2. The maximum absolute atomic E-state index is 12.9. The van der Waals surface area contributed by atoms with E-state index in [9.17, 15) is 14.0 Å². The number of piperidine rings is 1. The largest absolute Gasteiger partial charge is 0.495 e. The van der Waals surface area contributed by atoms with Gasteiger partial charge in [-0.05, 0) is 62.2 Å². The fourth-order valence-electron chi connectivity index (χ4n) is 3.59. The van der Waals surface area contributed by atoms with Crippen LogP contribution < -0.4 is 15.4 Å². The van der Waals surface area contributed by atoms with Crippen LogP contribution >= 0.6 is 0 Å². The highest BCUT2D eigenvalue weighted by atomic mass is 19.1. The molecule has 2 aromatic rings. The second-order valence-electron chi connectivity index (χ2n) is 7.47. The summed E-state index contributed by atoms with van der Waals surface area (Å²) in [7, 11) is 1.58. The van der Waals surface area contributed by atoms with Crippen LogP contribution in [0.3, 0.4) is 0 Å². The third kappa shape index (κ3) is 6.29. The number of nitrogens with zero attached hydrogens (tertiary/aromatic N) is 1. The minimum absolute atomic E-state index is 0.0112. The second-order valence-corrected chi connectivity index (χ2v) is 7.47. The molecule has 3 rings (SSSR count). The van der Waals surface area contributed by atoms with Crippen LogP contribution in [0, 0.1) is 11.7 Å². The van der Waals surface area contributed by atoms with Crippen LogP contribution in [-0.2, 0) is 16.0 Å². The molecule has 30 heavy (non-hydrogen) atoms. The van der Waals surface area contributed by atoms with Crippen molar-refractivity contribution in [3.63, 3.8) is 0 Å². The summed E-state index contributed by atoms with van der Waals surface area (Å²) in [5.41, 5.74) is 1.66. The third-order valence-electron chi connectivity index (χ3n) is 5.34. The molecule has 1 aliphatic heterocycles. The maximum atomic E-state index is 12.9. The summed E-state index contributed by atoms with van der Waals surface area (Å²) in [6, 6.07) is 13.6. The quantitative estimate of drug-likeness (QED) is 0.698. The molecule has 6 nitrogen and oxygen atoms in total. The highest BCUT2D eigenvalue weighted by Crippen LogP contribution is 2.25. The minimum atomic E-state index is -0.261. The number of halogens is 1. The SMILES string of the molecule is COc1ccccc1NC(=O)C1CCN(CC(=O)NCCc2ccc(F)cc2)CC1. The molecule has 160 valence electrons. The number of nitrogens with one attached hydrogen (secondary N) is 2. The van der Waals surface area contributed by atoms with Crippen molar-refractivity contribution in [2.45, 2.75) is 19.3 Å². The van der Waals surface area contributed by atoms with Gasteiger partial charge >= 0.3 is 0 Å². The number of hydrogen-bond donors (Lipinski definition) is 2. The Morgan fingerprint density at radius 3 is 2.50 bits per heavy atom. The summed E-state index contributed by atoms with van der Waals surface area (Å²) in [5, 5.41) is 5.85. The summed E-state index contributed by atoms with van der Waals surface area (Å²) >= 11 is 0. The Morgan fingerprint density at radius 2 is 1.80 bits per heavy atom. The normalized spacial score (nSPS) is 14.9. The average Bonchev–Trinajstić information content (AvgIpc) is 2.76. The predicted molar refractivity (Wildman–Crippen MR) is 114 cm³/mol. The van der Waals surface area contributed by atoms with Crippen molar-refractivity contribution < 1.29 is 18.7 Å². The summed E-state index contributed by atoms with van der Waals surface area (Å²) in [6.45, 7) is 2.25. The van der Waals surface area contributed by atoms with Gasteiger partial charge in [0, 0.05) is 12.5 Å². The van der Waals surface area contributed by atoms with Crippen molar-refractivity contribution in [2.75, 3.05) is 38.6 Å². The molecule has 0 unspecified atom stereocenters. The molecule has 7 heteroatoms. The average molecular weight is 413 g/mol. The Morgan fingerprint density at radius 1 is 1.10 bits per heavy atom. The molecule has 0 aliphatic carbocycles. The van der Waals surface area contributed by atoms with Gasteiger partial charge in [0.15, 0.2) is 0 Å². The summed E-state index contributed by atoms with van der Waals surface area (Å²) in [6.07, 6.45) is 2.09. The zero-order valence-corrected chi connectivity index (χ0v) is 17.2. The highest BCUT2D eigenvalue weighted by molar-refractivity contribution is 5.94. The van der Waals surface area contributed by atoms with Crippen LogP contribution in [0.2, 0.25) is 0 Å². The number of hydrogen-bond acceptors (Lipinski definition) is 4. The van der Waals surface area contributed by atoms with E-state index in [1.807, 2.05) is 24.3 Å². The molecular weight excluding hydrogens is 385 g/mol. The number of para-hydroxylation sites is 2. The van der Waals surface area contributed by atoms with Gasteiger partial charge in [-0.25, -0.2) is 4.39 Å². The van der Waals surface area contributed by atoms with Gasteiger partial charge in [-0.2, -0.15) is 0 Å². The molecule has 0 atom stereocenters. The lowest BCUT2D eigenvalue weighted by atomic mass is 9.95. The highest BCUT2D eigenvalue weighted by Gasteiger charge is 2.26. The lowest BCUT2D eigenvalue weighted by Crippen LogP contribution is -2.43. The van der Waals surface area contributed by atoms with Gasteiger partial charge in [0.2, 0.25) is 11.8 Å². The van der Waals surface area contributed by atoms with Crippen LogP contribution in [0.5, 0.6) is 5.75 Å². The molecule has 0 saturated carbocycles. The third-order valence-corrected chi connectivity index (χ3v) is 5.34. The van der Waals surface area contributed by atoms with Crippen molar-refractivity contribution in [1.29, 1.82) is 0 Å². The number of carbonyl (C=O) groups excluding carboxylic acids is 2. The Bertz CT molecular complexity index is 849. The minimum Gasteiger partial charge on any atom is -0.495 e. The molecule has 1 saturated heterocycles. The van der Waals surface area contributed by atoms with E-state index < -0.39 is 0 Å². The molecule has 1 heterocycles. The van der Waals surface area contributed by atoms with E-state index in [2.05, 4.69) is 15.5 Å². The summed E-state index contributed by atoms with van der Waals surface area (Å²) in [4.78, 5) is 26.8. The number of anilines is 1. The number of methoxy groups -OCH3 is 1. The zero-order chi connectivity index (χ0) is 21.3. The fourth-order valence-corrected chi connectivity index (χ4v) is 3.59. The first-order chi connectivity index (χ1) is 14.5. The van der Waals surface area contributed by atoms with E-state index in [0.29, 0.717) is 56.9 Å². The lowest BCUT2D eigenvalue weighted by molar-refractivity contribution is -0.123. The number of ether oxygens (including phenoxy) is 1. The Hall–Kier alpha value is -2.93. The van der Waals surface area contributed by atoms with Gasteiger partial charge in [0.1, 0.15) is 11.6 Å². The first-order valence-electron chi connectivity index (χ1n) is 10.2. The van der Waals surface area contributed by atoms with Crippen LogP contribution in [0.4, 0.5) is 10.1 Å². The molecule has 1 fully saturated rings. The molecule has 0 bridgehead atoms. The van der Waals surface area contributed by atoms with Crippen molar-refractivity contribution in [2.24, 2.45) is 5.92 Å². The monoisotopic (exact) mass is 413 g/mol. The molecule has 2 aromatic carbocycles. The summed E-state index contributed by atoms with van der Waals surface area (Å²) in [5.74, 6) is 0.257. The Balaban J connectivity index is 1.37. The molecule has 2 N–H and O–H groups in total. The Kier molecular flexibility index (Phi) is 7.79. The van der Waals surface area contributed by atoms with E-state index in [4.69, 9.17) is 4.74 Å². The molecule has 0 radical (unpaired) electrons. The molecule has 0 spiro atoms. The van der Waals surface area contributed by atoms with Gasteiger partial charge in [0.05, 0.1) is 19.3 Å².